The van der Waals surface area contributed by atoms with Gasteiger partial charge in [-0.2, -0.15) is 0 Å². The molecule has 0 spiro atoms. The molecule has 2 atom stereocenters. The van der Waals surface area contributed by atoms with Crippen molar-refractivity contribution in [3.8, 4) is 0 Å². The van der Waals surface area contributed by atoms with Crippen molar-refractivity contribution in [2.24, 2.45) is 17.1 Å². The zero-order valence-electron chi connectivity index (χ0n) is 9.35. The zero-order chi connectivity index (χ0) is 10.3. The van der Waals surface area contributed by atoms with E-state index in [0.717, 1.165) is 0 Å². The number of allylic oxidation sites excluding steroid dienone is 1. The van der Waals surface area contributed by atoms with Gasteiger partial charge in [-0.05, 0) is 13.8 Å². The Morgan fingerprint density at radius 2 is 2.00 bits per heavy atom. The molecule has 1 rings (SSSR count). The van der Waals surface area contributed by atoms with Gasteiger partial charge < -0.3 is 10.5 Å². The van der Waals surface area contributed by atoms with Gasteiger partial charge in [-0.3, -0.25) is 0 Å². The van der Waals surface area contributed by atoms with Gasteiger partial charge in [0.25, 0.3) is 0 Å². The van der Waals surface area contributed by atoms with E-state index in [-0.39, 0.29) is 11.0 Å². The summed E-state index contributed by atoms with van der Waals surface area (Å²) < 4.78 is 5.56. The highest BCUT2D eigenvalue weighted by atomic mass is 16.5. The Morgan fingerprint density at radius 3 is 2.23 bits per heavy atom. The van der Waals surface area contributed by atoms with E-state index in [1.807, 2.05) is 0 Å². The summed E-state index contributed by atoms with van der Waals surface area (Å²) in [6, 6.07) is 0. The molecule has 2 heteroatoms. The van der Waals surface area contributed by atoms with E-state index >= 15 is 0 Å². The second-order valence-corrected chi connectivity index (χ2v) is 4.74. The SMILES string of the molecule is COC1(CN)C(C=C(C)C)C1(C)C. The van der Waals surface area contributed by atoms with E-state index < -0.39 is 0 Å². The summed E-state index contributed by atoms with van der Waals surface area (Å²) in [7, 11) is 1.76. The summed E-state index contributed by atoms with van der Waals surface area (Å²) in [6.45, 7) is 9.27. The van der Waals surface area contributed by atoms with Crippen LogP contribution in [0.3, 0.4) is 0 Å². The average Bonchev–Trinajstić information content (AvgIpc) is 2.48. The highest BCUT2D eigenvalue weighted by Crippen LogP contribution is 2.64. The van der Waals surface area contributed by atoms with Crippen LogP contribution in [-0.2, 0) is 4.74 Å². The van der Waals surface area contributed by atoms with E-state index in [0.29, 0.717) is 12.5 Å². The number of rotatable bonds is 3. The van der Waals surface area contributed by atoms with E-state index in [2.05, 4.69) is 33.8 Å². The minimum atomic E-state index is -0.121. The summed E-state index contributed by atoms with van der Waals surface area (Å²) in [4.78, 5) is 0. The smallest absolute Gasteiger partial charge is 0.0925 e. The van der Waals surface area contributed by atoms with E-state index in [1.54, 1.807) is 7.11 Å². The minimum Gasteiger partial charge on any atom is -0.376 e. The van der Waals surface area contributed by atoms with Crippen molar-refractivity contribution >= 4 is 0 Å². The molecule has 2 nitrogen and oxygen atoms in total. The Kier molecular flexibility index (Phi) is 2.56. The number of hydrogen-bond acceptors (Lipinski definition) is 2. The fourth-order valence-corrected chi connectivity index (χ4v) is 2.39. The maximum absolute atomic E-state index is 5.77. The summed E-state index contributed by atoms with van der Waals surface area (Å²) >= 11 is 0. The standard InChI is InChI=1S/C11H21NO/c1-8(2)6-9-10(3,4)11(9,7-12)13-5/h6,9H,7,12H2,1-5H3. The van der Waals surface area contributed by atoms with Gasteiger partial charge in [0.15, 0.2) is 0 Å². The Hall–Kier alpha value is -0.340. The predicted octanol–water partition coefficient (Wildman–Crippen LogP) is 1.95. The first-order valence-electron chi connectivity index (χ1n) is 4.82. The molecule has 0 bridgehead atoms. The quantitative estimate of drug-likeness (QED) is 0.679. The molecule has 2 unspecified atom stereocenters. The van der Waals surface area contributed by atoms with Gasteiger partial charge in [-0.1, -0.05) is 25.5 Å². The van der Waals surface area contributed by atoms with Crippen molar-refractivity contribution in [1.82, 2.24) is 0 Å². The van der Waals surface area contributed by atoms with E-state index in [4.69, 9.17) is 10.5 Å². The van der Waals surface area contributed by atoms with Crippen molar-refractivity contribution in [3.63, 3.8) is 0 Å². The molecular formula is C11H21NO. The molecular weight excluding hydrogens is 162 g/mol. The van der Waals surface area contributed by atoms with Crippen LogP contribution in [0.2, 0.25) is 0 Å². The molecule has 0 aromatic carbocycles. The number of ether oxygens (including phenoxy) is 1. The van der Waals surface area contributed by atoms with Gasteiger partial charge >= 0.3 is 0 Å². The van der Waals surface area contributed by atoms with Crippen molar-refractivity contribution in [3.05, 3.63) is 11.6 Å². The van der Waals surface area contributed by atoms with Crippen molar-refractivity contribution < 1.29 is 4.74 Å². The lowest BCUT2D eigenvalue weighted by Crippen LogP contribution is -2.30. The molecule has 1 saturated carbocycles. The molecule has 0 radical (unpaired) electrons. The summed E-state index contributed by atoms with van der Waals surface area (Å²) in [5.41, 5.74) is 7.17. The first-order valence-corrected chi connectivity index (χ1v) is 4.82. The maximum Gasteiger partial charge on any atom is 0.0925 e. The van der Waals surface area contributed by atoms with Crippen LogP contribution in [0, 0.1) is 11.3 Å². The third-order valence-electron chi connectivity index (χ3n) is 3.45. The average molecular weight is 183 g/mol. The summed E-state index contributed by atoms with van der Waals surface area (Å²) in [5, 5.41) is 0. The van der Waals surface area contributed by atoms with Crippen molar-refractivity contribution in [1.29, 1.82) is 0 Å². The zero-order valence-corrected chi connectivity index (χ0v) is 9.35. The highest BCUT2D eigenvalue weighted by Gasteiger charge is 2.70. The molecule has 1 aliphatic rings. The lowest BCUT2D eigenvalue weighted by molar-refractivity contribution is 0.0518. The largest absolute Gasteiger partial charge is 0.376 e. The van der Waals surface area contributed by atoms with Crippen LogP contribution in [0.5, 0.6) is 0 Å². The Balaban J connectivity index is 2.87. The van der Waals surface area contributed by atoms with Crippen LogP contribution in [0.25, 0.3) is 0 Å². The molecule has 13 heavy (non-hydrogen) atoms. The fourth-order valence-electron chi connectivity index (χ4n) is 2.39. The van der Waals surface area contributed by atoms with Gasteiger partial charge in [0, 0.05) is 25.0 Å². The van der Waals surface area contributed by atoms with Gasteiger partial charge in [-0.15, -0.1) is 0 Å². The lowest BCUT2D eigenvalue weighted by atomic mass is 10.1. The second-order valence-electron chi connectivity index (χ2n) is 4.74. The monoisotopic (exact) mass is 183 g/mol. The number of methoxy groups -OCH3 is 1. The molecule has 0 amide bonds. The Morgan fingerprint density at radius 1 is 1.46 bits per heavy atom. The molecule has 0 aromatic heterocycles. The molecule has 1 aliphatic carbocycles. The molecule has 0 aromatic rings. The number of nitrogens with two attached hydrogens (primary N) is 1. The topological polar surface area (TPSA) is 35.2 Å². The molecule has 2 N–H and O–H groups in total. The minimum absolute atomic E-state index is 0.121. The van der Waals surface area contributed by atoms with Crippen LogP contribution >= 0.6 is 0 Å². The molecule has 0 saturated heterocycles. The normalized spacial score (nSPS) is 35.7. The van der Waals surface area contributed by atoms with Crippen LogP contribution < -0.4 is 5.73 Å². The van der Waals surface area contributed by atoms with Crippen molar-refractivity contribution in [2.75, 3.05) is 13.7 Å². The molecule has 76 valence electrons. The van der Waals surface area contributed by atoms with Crippen LogP contribution in [0.1, 0.15) is 27.7 Å². The molecule has 0 aliphatic heterocycles. The Bertz CT molecular complexity index is 222. The third kappa shape index (κ3) is 1.32. The summed E-state index contributed by atoms with van der Waals surface area (Å²) in [6.07, 6.45) is 2.27. The molecule has 0 heterocycles. The maximum atomic E-state index is 5.77. The van der Waals surface area contributed by atoms with E-state index in [9.17, 15) is 0 Å². The first-order chi connectivity index (χ1) is 5.92. The van der Waals surface area contributed by atoms with Crippen LogP contribution in [0.15, 0.2) is 11.6 Å². The lowest BCUT2D eigenvalue weighted by Gasteiger charge is -2.15. The van der Waals surface area contributed by atoms with Gasteiger partial charge in [-0.25, -0.2) is 0 Å². The Labute approximate surface area is 81.1 Å². The van der Waals surface area contributed by atoms with Crippen molar-refractivity contribution in [2.45, 2.75) is 33.3 Å². The third-order valence-corrected chi connectivity index (χ3v) is 3.45. The fraction of sp³-hybridized carbons (Fsp3) is 0.818. The van der Waals surface area contributed by atoms with Gasteiger partial charge in [0.2, 0.25) is 0 Å². The van der Waals surface area contributed by atoms with Gasteiger partial charge in [0.1, 0.15) is 0 Å². The summed E-state index contributed by atoms with van der Waals surface area (Å²) in [5.74, 6) is 0.472. The highest BCUT2D eigenvalue weighted by molar-refractivity contribution is 5.28. The predicted molar refractivity (Wildman–Crippen MR) is 55.5 cm³/mol. The molecule has 1 fully saturated rings. The van der Waals surface area contributed by atoms with Crippen LogP contribution in [-0.4, -0.2) is 19.3 Å². The first kappa shape index (κ1) is 10.7. The second kappa shape index (κ2) is 3.10. The van der Waals surface area contributed by atoms with Crippen LogP contribution in [0.4, 0.5) is 0 Å². The van der Waals surface area contributed by atoms with E-state index in [1.165, 1.54) is 5.57 Å². The van der Waals surface area contributed by atoms with Gasteiger partial charge in [0.05, 0.1) is 5.60 Å². The number of hydrogen-bond donors (Lipinski definition) is 1.